The standard InChI is InChI=1S/C21H24N4O4/c1-4-5-10-22-21(26)25-14-6-8-15(9-7-14)29-20-16-11-18(27-2)19(28-3)12-17(16)23-13-24-20/h6-9,11-13H,4-5,10H2,1-3H3,(H2,22,25,26). The molecule has 0 bridgehead atoms. The van der Waals surface area contributed by atoms with Gasteiger partial charge < -0.3 is 24.8 Å². The molecule has 0 aliphatic rings. The topological polar surface area (TPSA) is 94.6 Å². The van der Waals surface area contributed by atoms with Gasteiger partial charge in [0, 0.05) is 18.3 Å². The first-order valence-electron chi connectivity index (χ1n) is 9.34. The summed E-state index contributed by atoms with van der Waals surface area (Å²) in [6.45, 7) is 2.73. The monoisotopic (exact) mass is 396 g/mol. The molecule has 3 aromatic rings. The minimum atomic E-state index is -0.227. The van der Waals surface area contributed by atoms with Crippen molar-refractivity contribution in [3.63, 3.8) is 0 Å². The lowest BCUT2D eigenvalue weighted by molar-refractivity contribution is 0.252. The Morgan fingerprint density at radius 1 is 1.03 bits per heavy atom. The molecule has 29 heavy (non-hydrogen) atoms. The van der Waals surface area contributed by atoms with Gasteiger partial charge in [-0.05, 0) is 36.8 Å². The fraction of sp³-hybridized carbons (Fsp3) is 0.286. The highest BCUT2D eigenvalue weighted by atomic mass is 16.5. The molecule has 0 aliphatic heterocycles. The Kier molecular flexibility index (Phi) is 6.67. The fourth-order valence-electron chi connectivity index (χ4n) is 2.71. The number of fused-ring (bicyclic) bond motifs is 1. The van der Waals surface area contributed by atoms with Crippen LogP contribution >= 0.6 is 0 Å². The summed E-state index contributed by atoms with van der Waals surface area (Å²) in [7, 11) is 3.14. The van der Waals surface area contributed by atoms with Gasteiger partial charge in [-0.3, -0.25) is 0 Å². The lowest BCUT2D eigenvalue weighted by atomic mass is 10.2. The number of aromatic nitrogens is 2. The van der Waals surface area contributed by atoms with Crippen molar-refractivity contribution in [2.75, 3.05) is 26.1 Å². The molecule has 0 aliphatic carbocycles. The van der Waals surface area contributed by atoms with Crippen molar-refractivity contribution in [1.29, 1.82) is 0 Å². The summed E-state index contributed by atoms with van der Waals surface area (Å²) in [6.07, 6.45) is 3.41. The van der Waals surface area contributed by atoms with Gasteiger partial charge in [-0.25, -0.2) is 14.8 Å². The van der Waals surface area contributed by atoms with Gasteiger partial charge in [0.25, 0.3) is 0 Å². The molecule has 152 valence electrons. The maximum atomic E-state index is 11.8. The zero-order valence-corrected chi connectivity index (χ0v) is 16.7. The largest absolute Gasteiger partial charge is 0.493 e. The van der Waals surface area contributed by atoms with Crippen LogP contribution in [0.3, 0.4) is 0 Å². The third-order valence-corrected chi connectivity index (χ3v) is 4.25. The number of carbonyl (C=O) groups is 1. The number of benzene rings is 2. The summed E-state index contributed by atoms with van der Waals surface area (Å²) in [5.74, 6) is 2.12. The minimum Gasteiger partial charge on any atom is -0.493 e. The van der Waals surface area contributed by atoms with Crippen LogP contribution in [0.15, 0.2) is 42.7 Å². The highest BCUT2D eigenvalue weighted by Gasteiger charge is 2.12. The first-order valence-corrected chi connectivity index (χ1v) is 9.34. The quantitative estimate of drug-likeness (QED) is 0.550. The Balaban J connectivity index is 1.74. The van der Waals surface area contributed by atoms with Gasteiger partial charge in [-0.2, -0.15) is 0 Å². The van der Waals surface area contributed by atoms with Crippen LogP contribution in [-0.4, -0.2) is 36.8 Å². The van der Waals surface area contributed by atoms with Gasteiger partial charge in [0.05, 0.1) is 25.1 Å². The minimum absolute atomic E-state index is 0.227. The number of hydrogen-bond acceptors (Lipinski definition) is 6. The lowest BCUT2D eigenvalue weighted by Crippen LogP contribution is -2.29. The number of urea groups is 1. The van der Waals surface area contributed by atoms with Crippen LogP contribution < -0.4 is 24.8 Å². The van der Waals surface area contributed by atoms with Crippen LogP contribution in [0.5, 0.6) is 23.1 Å². The van der Waals surface area contributed by atoms with E-state index in [0.717, 1.165) is 12.8 Å². The molecule has 1 heterocycles. The van der Waals surface area contributed by atoms with E-state index in [1.165, 1.54) is 6.33 Å². The van der Waals surface area contributed by atoms with E-state index < -0.39 is 0 Å². The van der Waals surface area contributed by atoms with Gasteiger partial charge in [0.1, 0.15) is 12.1 Å². The number of nitrogens with one attached hydrogen (secondary N) is 2. The normalized spacial score (nSPS) is 10.4. The molecule has 0 unspecified atom stereocenters. The molecule has 2 aromatic carbocycles. The van der Waals surface area contributed by atoms with Crippen LogP contribution in [0.25, 0.3) is 10.9 Å². The van der Waals surface area contributed by atoms with Crippen molar-refractivity contribution in [2.45, 2.75) is 19.8 Å². The predicted molar refractivity (Wildman–Crippen MR) is 111 cm³/mol. The molecule has 0 saturated heterocycles. The molecule has 1 aromatic heterocycles. The maximum absolute atomic E-state index is 11.8. The Labute approximate surface area is 169 Å². The van der Waals surface area contributed by atoms with Crippen LogP contribution in [0, 0.1) is 0 Å². The van der Waals surface area contributed by atoms with E-state index in [0.29, 0.717) is 46.3 Å². The average molecular weight is 396 g/mol. The van der Waals surface area contributed by atoms with E-state index in [1.807, 2.05) is 0 Å². The Morgan fingerprint density at radius 3 is 2.45 bits per heavy atom. The molecule has 0 radical (unpaired) electrons. The number of hydrogen-bond donors (Lipinski definition) is 2. The highest BCUT2D eigenvalue weighted by Crippen LogP contribution is 2.35. The number of amides is 2. The lowest BCUT2D eigenvalue weighted by Gasteiger charge is -2.12. The second-order valence-electron chi connectivity index (χ2n) is 6.26. The van der Waals surface area contributed by atoms with E-state index in [4.69, 9.17) is 14.2 Å². The third-order valence-electron chi connectivity index (χ3n) is 4.25. The first kappa shape index (κ1) is 20.2. The third kappa shape index (κ3) is 5.04. The molecule has 8 nitrogen and oxygen atoms in total. The molecule has 8 heteroatoms. The van der Waals surface area contributed by atoms with Crippen molar-refractivity contribution < 1.29 is 19.0 Å². The van der Waals surface area contributed by atoms with Gasteiger partial charge in [0.15, 0.2) is 11.5 Å². The number of anilines is 1. The van der Waals surface area contributed by atoms with Gasteiger partial charge in [-0.1, -0.05) is 13.3 Å². The molecular weight excluding hydrogens is 372 g/mol. The van der Waals surface area contributed by atoms with E-state index in [2.05, 4.69) is 27.5 Å². The van der Waals surface area contributed by atoms with Crippen molar-refractivity contribution in [3.8, 4) is 23.1 Å². The second-order valence-corrected chi connectivity index (χ2v) is 6.26. The average Bonchev–Trinajstić information content (AvgIpc) is 2.74. The molecule has 0 spiro atoms. The summed E-state index contributed by atoms with van der Waals surface area (Å²) < 4.78 is 16.6. The number of unbranched alkanes of at least 4 members (excludes halogenated alkanes) is 1. The molecule has 0 fully saturated rings. The van der Waals surface area contributed by atoms with Gasteiger partial charge in [0.2, 0.25) is 5.88 Å². The van der Waals surface area contributed by atoms with Crippen LogP contribution in [0.2, 0.25) is 0 Å². The van der Waals surface area contributed by atoms with E-state index in [-0.39, 0.29) is 6.03 Å². The Morgan fingerprint density at radius 2 is 1.76 bits per heavy atom. The summed E-state index contributed by atoms with van der Waals surface area (Å²) in [5, 5.41) is 6.29. The summed E-state index contributed by atoms with van der Waals surface area (Å²) in [4.78, 5) is 20.3. The van der Waals surface area contributed by atoms with Crippen molar-refractivity contribution >= 4 is 22.6 Å². The van der Waals surface area contributed by atoms with Crippen molar-refractivity contribution in [3.05, 3.63) is 42.7 Å². The number of nitrogens with zero attached hydrogens (tertiary/aromatic N) is 2. The molecule has 3 rings (SSSR count). The summed E-state index contributed by atoms with van der Waals surface area (Å²) in [5.41, 5.74) is 1.35. The van der Waals surface area contributed by atoms with Crippen LogP contribution in [0.1, 0.15) is 19.8 Å². The maximum Gasteiger partial charge on any atom is 0.319 e. The number of carbonyl (C=O) groups excluding carboxylic acids is 1. The smallest absolute Gasteiger partial charge is 0.319 e. The van der Waals surface area contributed by atoms with E-state index >= 15 is 0 Å². The van der Waals surface area contributed by atoms with Crippen molar-refractivity contribution in [2.24, 2.45) is 0 Å². The summed E-state index contributed by atoms with van der Waals surface area (Å²) >= 11 is 0. The Bertz CT molecular complexity index is 976. The molecule has 0 saturated carbocycles. The molecule has 0 atom stereocenters. The van der Waals surface area contributed by atoms with Crippen LogP contribution in [-0.2, 0) is 0 Å². The van der Waals surface area contributed by atoms with Crippen LogP contribution in [0.4, 0.5) is 10.5 Å². The molecule has 2 amide bonds. The molecule has 2 N–H and O–H groups in total. The van der Waals surface area contributed by atoms with Crippen molar-refractivity contribution in [1.82, 2.24) is 15.3 Å². The zero-order chi connectivity index (χ0) is 20.6. The first-order chi connectivity index (χ1) is 14.1. The van der Waals surface area contributed by atoms with Gasteiger partial charge in [-0.15, -0.1) is 0 Å². The predicted octanol–water partition coefficient (Wildman–Crippen LogP) is 4.36. The number of methoxy groups -OCH3 is 2. The second kappa shape index (κ2) is 9.59. The molecular formula is C21H24N4O4. The van der Waals surface area contributed by atoms with E-state index in [1.54, 1.807) is 50.6 Å². The fourth-order valence-corrected chi connectivity index (χ4v) is 2.71. The Hall–Kier alpha value is -3.55. The summed E-state index contributed by atoms with van der Waals surface area (Å²) in [6, 6.07) is 10.4. The van der Waals surface area contributed by atoms with E-state index in [9.17, 15) is 4.79 Å². The number of rotatable bonds is 8. The number of ether oxygens (including phenoxy) is 3. The SMILES string of the molecule is CCCCNC(=O)Nc1ccc(Oc2ncnc3cc(OC)c(OC)cc23)cc1. The van der Waals surface area contributed by atoms with Gasteiger partial charge >= 0.3 is 6.03 Å². The highest BCUT2D eigenvalue weighted by molar-refractivity contribution is 5.89. The zero-order valence-electron chi connectivity index (χ0n) is 16.7.